The molecule has 1 aromatic heterocycles. The second kappa shape index (κ2) is 7.09. The maximum Gasteiger partial charge on any atom is 0.261 e. The summed E-state index contributed by atoms with van der Waals surface area (Å²) in [6, 6.07) is 5.81. The van der Waals surface area contributed by atoms with E-state index in [4.69, 9.17) is 9.47 Å². The van der Waals surface area contributed by atoms with E-state index < -0.39 is 11.7 Å². The lowest BCUT2D eigenvalue weighted by atomic mass is 10.1. The van der Waals surface area contributed by atoms with E-state index in [2.05, 4.69) is 4.98 Å². The number of rotatable bonds is 5. The zero-order valence-electron chi connectivity index (χ0n) is 13.5. The van der Waals surface area contributed by atoms with Crippen molar-refractivity contribution >= 4 is 11.6 Å². The van der Waals surface area contributed by atoms with Gasteiger partial charge in [-0.3, -0.25) is 9.78 Å². The van der Waals surface area contributed by atoms with Crippen LogP contribution >= 0.6 is 0 Å². The van der Waals surface area contributed by atoms with Crippen LogP contribution in [-0.4, -0.2) is 31.2 Å². The zero-order valence-corrected chi connectivity index (χ0v) is 13.5. The van der Waals surface area contributed by atoms with Crippen LogP contribution < -0.4 is 14.4 Å². The zero-order chi connectivity index (χ0) is 17.0. The number of halogens is 1. The molecule has 23 heavy (non-hydrogen) atoms. The number of benzene rings is 1. The average molecular weight is 318 g/mol. The summed E-state index contributed by atoms with van der Waals surface area (Å²) in [5.74, 6) is -0.597. The van der Waals surface area contributed by atoms with Gasteiger partial charge in [-0.25, -0.2) is 4.39 Å². The Morgan fingerprint density at radius 2 is 1.87 bits per heavy atom. The average Bonchev–Trinajstić information content (AvgIpc) is 2.55. The van der Waals surface area contributed by atoms with Gasteiger partial charge in [-0.05, 0) is 32.0 Å². The topological polar surface area (TPSA) is 51.7 Å². The third kappa shape index (κ3) is 3.41. The number of hydrogen-bond donors (Lipinski definition) is 0. The number of pyridine rings is 1. The predicted octanol–water partition coefficient (Wildman–Crippen LogP) is 3.29. The van der Waals surface area contributed by atoms with Gasteiger partial charge in [0.2, 0.25) is 0 Å². The molecule has 0 N–H and O–H groups in total. The van der Waals surface area contributed by atoms with Gasteiger partial charge in [0.1, 0.15) is 5.82 Å². The number of ether oxygens (including phenoxy) is 2. The lowest BCUT2D eigenvalue weighted by Gasteiger charge is -2.27. The smallest absolute Gasteiger partial charge is 0.261 e. The SMILES string of the molecule is COc1cc(F)c(C(=O)N(c2cccnc2)C(C)C)cc1OC. The van der Waals surface area contributed by atoms with Crippen LogP contribution in [-0.2, 0) is 0 Å². The van der Waals surface area contributed by atoms with Crippen LogP contribution in [0.3, 0.4) is 0 Å². The second-order valence-electron chi connectivity index (χ2n) is 5.17. The number of hydrogen-bond acceptors (Lipinski definition) is 4. The molecule has 0 radical (unpaired) electrons. The quantitative estimate of drug-likeness (QED) is 0.849. The summed E-state index contributed by atoms with van der Waals surface area (Å²) in [5, 5.41) is 0. The lowest BCUT2D eigenvalue weighted by Crippen LogP contribution is -2.37. The molecule has 1 aromatic carbocycles. The first-order chi connectivity index (χ1) is 11.0. The van der Waals surface area contributed by atoms with Crippen molar-refractivity contribution in [3.8, 4) is 11.5 Å². The van der Waals surface area contributed by atoms with Crippen LogP contribution in [0.2, 0.25) is 0 Å². The molecule has 0 atom stereocenters. The minimum absolute atomic E-state index is 0.0831. The van der Waals surface area contributed by atoms with E-state index in [0.29, 0.717) is 11.4 Å². The van der Waals surface area contributed by atoms with Crippen molar-refractivity contribution in [3.63, 3.8) is 0 Å². The third-order valence-corrected chi connectivity index (χ3v) is 3.36. The van der Waals surface area contributed by atoms with Gasteiger partial charge in [-0.2, -0.15) is 0 Å². The van der Waals surface area contributed by atoms with Crippen molar-refractivity contribution in [1.82, 2.24) is 4.98 Å². The van der Waals surface area contributed by atoms with Gasteiger partial charge in [0, 0.05) is 18.3 Å². The molecule has 0 fully saturated rings. The highest BCUT2D eigenvalue weighted by Gasteiger charge is 2.25. The number of nitrogens with zero attached hydrogens (tertiary/aromatic N) is 2. The molecule has 0 aliphatic carbocycles. The maximum atomic E-state index is 14.3. The van der Waals surface area contributed by atoms with Crippen LogP contribution in [0.15, 0.2) is 36.7 Å². The van der Waals surface area contributed by atoms with E-state index in [0.717, 1.165) is 6.07 Å². The standard InChI is InChI=1S/C17H19FN2O3/c1-11(2)20(12-6-5-7-19-10-12)17(21)13-8-15(22-3)16(23-4)9-14(13)18/h5-11H,1-4H3. The van der Waals surface area contributed by atoms with Gasteiger partial charge >= 0.3 is 0 Å². The number of carbonyl (C=O) groups is 1. The van der Waals surface area contributed by atoms with Gasteiger partial charge in [0.15, 0.2) is 11.5 Å². The van der Waals surface area contributed by atoms with Crippen molar-refractivity contribution in [3.05, 3.63) is 48.0 Å². The molecular weight excluding hydrogens is 299 g/mol. The van der Waals surface area contributed by atoms with Crippen molar-refractivity contribution in [2.24, 2.45) is 0 Å². The predicted molar refractivity (Wildman–Crippen MR) is 85.7 cm³/mol. The first kappa shape index (κ1) is 16.7. The lowest BCUT2D eigenvalue weighted by molar-refractivity contribution is 0.0976. The molecular formula is C17H19FN2O3. The van der Waals surface area contributed by atoms with Gasteiger partial charge in [0.25, 0.3) is 5.91 Å². The normalized spacial score (nSPS) is 10.5. The molecule has 0 saturated heterocycles. The Hall–Kier alpha value is -2.63. The largest absolute Gasteiger partial charge is 0.493 e. The summed E-state index contributed by atoms with van der Waals surface area (Å²) < 4.78 is 24.5. The molecule has 0 unspecified atom stereocenters. The summed E-state index contributed by atoms with van der Waals surface area (Å²) >= 11 is 0. The van der Waals surface area contributed by atoms with Crippen molar-refractivity contribution in [2.45, 2.75) is 19.9 Å². The van der Waals surface area contributed by atoms with Gasteiger partial charge in [0.05, 0.1) is 31.7 Å². The van der Waals surface area contributed by atoms with Crippen LogP contribution in [0.25, 0.3) is 0 Å². The van der Waals surface area contributed by atoms with Gasteiger partial charge in [-0.1, -0.05) is 0 Å². The molecule has 2 rings (SSSR count). The highest BCUT2D eigenvalue weighted by Crippen LogP contribution is 2.31. The molecule has 0 aliphatic heterocycles. The minimum atomic E-state index is -0.665. The summed E-state index contributed by atoms with van der Waals surface area (Å²) in [6.45, 7) is 3.70. The highest BCUT2D eigenvalue weighted by atomic mass is 19.1. The Bertz CT molecular complexity index is 690. The van der Waals surface area contributed by atoms with Crippen molar-refractivity contribution < 1.29 is 18.7 Å². The van der Waals surface area contributed by atoms with E-state index in [-0.39, 0.29) is 17.4 Å². The summed E-state index contributed by atoms with van der Waals surface area (Å²) in [4.78, 5) is 18.3. The Labute approximate surface area is 134 Å². The fourth-order valence-electron chi connectivity index (χ4n) is 2.29. The van der Waals surface area contributed by atoms with E-state index >= 15 is 0 Å². The van der Waals surface area contributed by atoms with E-state index in [9.17, 15) is 9.18 Å². The van der Waals surface area contributed by atoms with Crippen LogP contribution in [0.4, 0.5) is 10.1 Å². The number of amides is 1. The summed E-state index contributed by atoms with van der Waals surface area (Å²) in [5.41, 5.74) is 0.516. The molecule has 0 saturated carbocycles. The first-order valence-electron chi connectivity index (χ1n) is 7.14. The molecule has 0 spiro atoms. The molecule has 0 bridgehead atoms. The molecule has 2 aromatic rings. The third-order valence-electron chi connectivity index (χ3n) is 3.36. The summed E-state index contributed by atoms with van der Waals surface area (Å²) in [7, 11) is 2.85. The number of carbonyl (C=O) groups excluding carboxylic acids is 1. The van der Waals surface area contributed by atoms with Crippen LogP contribution in [0, 0.1) is 5.82 Å². The van der Waals surface area contributed by atoms with E-state index in [1.807, 2.05) is 13.8 Å². The Kier molecular flexibility index (Phi) is 5.16. The first-order valence-corrected chi connectivity index (χ1v) is 7.14. The van der Waals surface area contributed by atoms with E-state index in [1.165, 1.54) is 25.2 Å². The van der Waals surface area contributed by atoms with Crippen LogP contribution in [0.5, 0.6) is 11.5 Å². The van der Waals surface area contributed by atoms with Crippen molar-refractivity contribution in [1.29, 1.82) is 0 Å². The van der Waals surface area contributed by atoms with Crippen LogP contribution in [0.1, 0.15) is 24.2 Å². The number of anilines is 1. The fraction of sp³-hybridized carbons (Fsp3) is 0.294. The molecule has 6 heteroatoms. The van der Waals surface area contributed by atoms with E-state index in [1.54, 1.807) is 24.5 Å². The fourth-order valence-corrected chi connectivity index (χ4v) is 2.29. The highest BCUT2D eigenvalue weighted by molar-refractivity contribution is 6.07. The molecule has 0 aliphatic rings. The van der Waals surface area contributed by atoms with Crippen molar-refractivity contribution in [2.75, 3.05) is 19.1 Å². The van der Waals surface area contributed by atoms with Gasteiger partial charge in [-0.15, -0.1) is 0 Å². The molecule has 1 heterocycles. The summed E-state index contributed by atoms with van der Waals surface area (Å²) in [6.07, 6.45) is 3.18. The Morgan fingerprint density at radius 3 is 2.39 bits per heavy atom. The molecule has 1 amide bonds. The minimum Gasteiger partial charge on any atom is -0.493 e. The number of methoxy groups -OCH3 is 2. The maximum absolute atomic E-state index is 14.3. The Balaban J connectivity index is 2.49. The number of aromatic nitrogens is 1. The second-order valence-corrected chi connectivity index (χ2v) is 5.17. The monoisotopic (exact) mass is 318 g/mol. The molecule has 122 valence electrons. The van der Waals surface area contributed by atoms with Gasteiger partial charge < -0.3 is 14.4 Å². The Morgan fingerprint density at radius 1 is 1.22 bits per heavy atom. The molecule has 5 nitrogen and oxygen atoms in total.